The number of hydrogen-bond donors (Lipinski definition) is 2. The highest BCUT2D eigenvalue weighted by Gasteiger charge is 2.15. The molecule has 3 aromatic rings. The molecule has 122 valence electrons. The molecular weight excluding hydrogens is 316 g/mol. The Kier molecular flexibility index (Phi) is 4.40. The zero-order chi connectivity index (χ0) is 17.8. The average molecular weight is 330 g/mol. The first-order valence-electron chi connectivity index (χ1n) is 7.53. The molecule has 0 aliphatic rings. The van der Waals surface area contributed by atoms with Gasteiger partial charge in [0.25, 0.3) is 17.2 Å². The van der Waals surface area contributed by atoms with Crippen LogP contribution >= 0.6 is 0 Å². The minimum absolute atomic E-state index is 0.00255. The number of carbonyl (C=O) groups is 1. The average Bonchev–Trinajstić information content (AvgIpc) is 2.62. The van der Waals surface area contributed by atoms with Gasteiger partial charge in [0.2, 0.25) is 5.95 Å². The third-order valence-corrected chi connectivity index (χ3v) is 3.57. The third kappa shape index (κ3) is 3.46. The number of anilines is 1. The van der Waals surface area contributed by atoms with Crippen LogP contribution < -0.4 is 10.9 Å². The van der Waals surface area contributed by atoms with E-state index in [0.717, 1.165) is 5.56 Å². The highest BCUT2D eigenvalue weighted by molar-refractivity contribution is 6.03. The molecule has 0 aliphatic carbocycles. The number of nitrogens with one attached hydrogen (secondary N) is 2. The van der Waals surface area contributed by atoms with Crippen LogP contribution in [0, 0.1) is 13.5 Å². The Hall–Kier alpha value is -3.72. The van der Waals surface area contributed by atoms with Gasteiger partial charge in [0.05, 0.1) is 12.3 Å². The van der Waals surface area contributed by atoms with Gasteiger partial charge in [0.1, 0.15) is 0 Å². The quantitative estimate of drug-likeness (QED) is 0.721. The largest absolute Gasteiger partial charge is 0.301 e. The van der Waals surface area contributed by atoms with Gasteiger partial charge in [0.15, 0.2) is 0 Å². The van der Waals surface area contributed by atoms with Crippen LogP contribution in [0.1, 0.15) is 15.9 Å². The second kappa shape index (κ2) is 6.81. The van der Waals surface area contributed by atoms with Gasteiger partial charge in [-0.05, 0) is 24.6 Å². The van der Waals surface area contributed by atoms with Crippen LogP contribution in [0.15, 0.2) is 59.4 Å². The molecule has 3 rings (SSSR count). The van der Waals surface area contributed by atoms with Gasteiger partial charge in [-0.15, -0.1) is 0 Å². The fraction of sp³-hybridized carbons (Fsp3) is 0.0526. The second-order valence-electron chi connectivity index (χ2n) is 5.41. The van der Waals surface area contributed by atoms with Crippen molar-refractivity contribution in [3.63, 3.8) is 0 Å². The SMILES string of the molecule is [C-]#[N+]c1c(-c2ccccc2)nc(NC(=O)c2cccc(C)c2)[nH]c1=O. The Morgan fingerprint density at radius 2 is 1.92 bits per heavy atom. The van der Waals surface area contributed by atoms with E-state index in [1.165, 1.54) is 0 Å². The molecule has 0 saturated carbocycles. The van der Waals surface area contributed by atoms with Crippen molar-refractivity contribution in [2.75, 3.05) is 5.32 Å². The van der Waals surface area contributed by atoms with Gasteiger partial charge in [-0.2, -0.15) is 0 Å². The van der Waals surface area contributed by atoms with Crippen molar-refractivity contribution in [3.05, 3.63) is 87.5 Å². The number of carbonyl (C=O) groups excluding carboxylic acids is 1. The molecule has 0 radical (unpaired) electrons. The molecule has 6 heteroatoms. The van der Waals surface area contributed by atoms with Crippen molar-refractivity contribution in [2.45, 2.75) is 6.92 Å². The van der Waals surface area contributed by atoms with Gasteiger partial charge < -0.3 is 4.98 Å². The molecule has 1 heterocycles. The summed E-state index contributed by atoms with van der Waals surface area (Å²) in [6, 6.07) is 16.0. The number of amides is 1. The maximum Gasteiger partial charge on any atom is 0.276 e. The number of H-pyrrole nitrogens is 1. The number of nitrogens with zero attached hydrogens (tertiary/aromatic N) is 2. The van der Waals surface area contributed by atoms with Gasteiger partial charge in [-0.1, -0.05) is 48.0 Å². The van der Waals surface area contributed by atoms with Crippen molar-refractivity contribution in [1.29, 1.82) is 0 Å². The zero-order valence-corrected chi connectivity index (χ0v) is 13.4. The van der Waals surface area contributed by atoms with E-state index >= 15 is 0 Å². The van der Waals surface area contributed by atoms with E-state index in [2.05, 4.69) is 20.1 Å². The van der Waals surface area contributed by atoms with Gasteiger partial charge in [-0.3, -0.25) is 14.9 Å². The molecule has 0 fully saturated rings. The summed E-state index contributed by atoms with van der Waals surface area (Å²) in [6.45, 7) is 9.11. The molecule has 6 nitrogen and oxygen atoms in total. The molecule has 2 aromatic carbocycles. The highest BCUT2D eigenvalue weighted by atomic mass is 16.2. The first-order chi connectivity index (χ1) is 12.1. The highest BCUT2D eigenvalue weighted by Crippen LogP contribution is 2.25. The molecule has 0 spiro atoms. The van der Waals surface area contributed by atoms with Crippen LogP contribution in [-0.4, -0.2) is 15.9 Å². The Morgan fingerprint density at radius 3 is 2.60 bits per heavy atom. The minimum Gasteiger partial charge on any atom is -0.301 e. The van der Waals surface area contributed by atoms with Gasteiger partial charge in [-0.25, -0.2) is 9.83 Å². The van der Waals surface area contributed by atoms with Crippen LogP contribution in [0.5, 0.6) is 0 Å². The molecule has 2 N–H and O–H groups in total. The van der Waals surface area contributed by atoms with Crippen molar-refractivity contribution < 1.29 is 4.79 Å². The maximum absolute atomic E-state index is 12.3. The summed E-state index contributed by atoms with van der Waals surface area (Å²) in [4.78, 5) is 34.5. The Balaban J connectivity index is 2.01. The lowest BCUT2D eigenvalue weighted by molar-refractivity contribution is 0.102. The molecule has 1 aromatic heterocycles. The van der Waals surface area contributed by atoms with Gasteiger partial charge in [0, 0.05) is 5.56 Å². The lowest BCUT2D eigenvalue weighted by atomic mass is 10.1. The van der Waals surface area contributed by atoms with E-state index in [4.69, 9.17) is 6.57 Å². The second-order valence-corrected chi connectivity index (χ2v) is 5.41. The topological polar surface area (TPSA) is 79.2 Å². The number of benzene rings is 2. The normalized spacial score (nSPS) is 10.1. The number of aromatic amines is 1. The third-order valence-electron chi connectivity index (χ3n) is 3.57. The first-order valence-corrected chi connectivity index (χ1v) is 7.53. The lowest BCUT2D eigenvalue weighted by Crippen LogP contribution is -2.18. The lowest BCUT2D eigenvalue weighted by Gasteiger charge is -2.08. The van der Waals surface area contributed by atoms with Gasteiger partial charge >= 0.3 is 0 Å². The summed E-state index contributed by atoms with van der Waals surface area (Å²) in [5.41, 5.74) is 1.56. The molecule has 0 atom stereocenters. The van der Waals surface area contributed by atoms with E-state index in [9.17, 15) is 9.59 Å². The van der Waals surface area contributed by atoms with Crippen LogP contribution in [0.4, 0.5) is 11.6 Å². The molecule has 0 aliphatic heterocycles. The van der Waals surface area contributed by atoms with Crippen LogP contribution in [0.25, 0.3) is 16.1 Å². The number of aromatic nitrogens is 2. The first kappa shape index (κ1) is 16.1. The fourth-order valence-corrected chi connectivity index (χ4v) is 2.39. The summed E-state index contributed by atoms with van der Waals surface area (Å²) in [5.74, 6) is -0.385. The predicted octanol–water partition coefficient (Wildman–Crippen LogP) is 3.55. The molecule has 0 saturated heterocycles. The van der Waals surface area contributed by atoms with Crippen molar-refractivity contribution in [3.8, 4) is 11.3 Å². The molecule has 0 unspecified atom stereocenters. The van der Waals surface area contributed by atoms with E-state index in [-0.39, 0.29) is 23.2 Å². The fourth-order valence-electron chi connectivity index (χ4n) is 2.39. The maximum atomic E-state index is 12.3. The van der Waals surface area contributed by atoms with Crippen molar-refractivity contribution in [1.82, 2.24) is 9.97 Å². The Bertz CT molecular complexity index is 1030. The molecule has 0 bridgehead atoms. The Morgan fingerprint density at radius 1 is 1.16 bits per heavy atom. The summed E-state index contributed by atoms with van der Waals surface area (Å²) in [7, 11) is 0. The smallest absolute Gasteiger partial charge is 0.276 e. The van der Waals surface area contributed by atoms with E-state index in [1.54, 1.807) is 42.5 Å². The van der Waals surface area contributed by atoms with Crippen LogP contribution in [-0.2, 0) is 0 Å². The molecular formula is C19H14N4O2. The predicted molar refractivity (Wildman–Crippen MR) is 95.7 cm³/mol. The van der Waals surface area contributed by atoms with E-state index in [1.807, 2.05) is 19.1 Å². The number of hydrogen-bond acceptors (Lipinski definition) is 3. The summed E-state index contributed by atoms with van der Waals surface area (Å²) in [5, 5.41) is 2.58. The summed E-state index contributed by atoms with van der Waals surface area (Å²) in [6.07, 6.45) is 0. The molecule has 25 heavy (non-hydrogen) atoms. The summed E-state index contributed by atoms with van der Waals surface area (Å²) >= 11 is 0. The summed E-state index contributed by atoms with van der Waals surface area (Å²) < 4.78 is 0. The van der Waals surface area contributed by atoms with Crippen molar-refractivity contribution in [2.24, 2.45) is 0 Å². The Labute approximate surface area is 144 Å². The van der Waals surface area contributed by atoms with Crippen LogP contribution in [0.3, 0.4) is 0 Å². The number of rotatable bonds is 3. The van der Waals surface area contributed by atoms with Crippen LogP contribution in [0.2, 0.25) is 0 Å². The number of aryl methyl sites for hydroxylation is 1. The van der Waals surface area contributed by atoms with Crippen molar-refractivity contribution >= 4 is 17.5 Å². The standard InChI is InChI=1S/C19H14N4O2/c1-12-7-6-10-14(11-12)17(24)22-19-21-15(13-8-4-3-5-9-13)16(20-2)18(25)23-19/h3-11H,1H3,(H2,21,22,23,24,25). The monoisotopic (exact) mass is 330 g/mol. The van der Waals surface area contributed by atoms with E-state index in [0.29, 0.717) is 11.1 Å². The zero-order valence-electron chi connectivity index (χ0n) is 13.4. The van der Waals surface area contributed by atoms with E-state index < -0.39 is 5.56 Å². The molecule has 1 amide bonds. The minimum atomic E-state index is -0.594.